The van der Waals surface area contributed by atoms with Gasteiger partial charge in [0.25, 0.3) is 0 Å². The highest BCUT2D eigenvalue weighted by Crippen LogP contribution is 2.29. The maximum absolute atomic E-state index is 6.11. The third-order valence-corrected chi connectivity index (χ3v) is 4.53. The van der Waals surface area contributed by atoms with Gasteiger partial charge in [-0.3, -0.25) is 4.68 Å². The Bertz CT molecular complexity index is 607. The SMILES string of the molecule is Cc1nn(C)c(C)c1C(C)Nc1ccc(Br)c(Cl)c1. The number of rotatable bonds is 3. The third-order valence-electron chi connectivity index (χ3n) is 3.30. The summed E-state index contributed by atoms with van der Waals surface area (Å²) in [4.78, 5) is 0. The Morgan fingerprint density at radius 2 is 2.05 bits per heavy atom. The molecule has 0 aliphatic rings. The minimum Gasteiger partial charge on any atom is -0.378 e. The van der Waals surface area contributed by atoms with Crippen LogP contribution in [0.15, 0.2) is 22.7 Å². The van der Waals surface area contributed by atoms with E-state index >= 15 is 0 Å². The molecule has 2 rings (SSSR count). The van der Waals surface area contributed by atoms with Gasteiger partial charge in [-0.05, 0) is 54.9 Å². The zero-order valence-corrected chi connectivity index (χ0v) is 13.8. The lowest BCUT2D eigenvalue weighted by Crippen LogP contribution is -2.09. The molecule has 0 fully saturated rings. The van der Waals surface area contributed by atoms with Crippen molar-refractivity contribution < 1.29 is 0 Å². The molecule has 1 N–H and O–H groups in total. The van der Waals surface area contributed by atoms with Gasteiger partial charge in [0, 0.05) is 28.5 Å². The molecule has 5 heteroatoms. The van der Waals surface area contributed by atoms with Crippen LogP contribution in [0.2, 0.25) is 5.02 Å². The number of hydrogen-bond acceptors (Lipinski definition) is 2. The Morgan fingerprint density at radius 3 is 2.58 bits per heavy atom. The smallest absolute Gasteiger partial charge is 0.0649 e. The van der Waals surface area contributed by atoms with Crippen LogP contribution >= 0.6 is 27.5 Å². The highest BCUT2D eigenvalue weighted by atomic mass is 79.9. The monoisotopic (exact) mass is 341 g/mol. The molecule has 1 aromatic carbocycles. The average Bonchev–Trinajstić information content (AvgIpc) is 2.58. The lowest BCUT2D eigenvalue weighted by Gasteiger charge is -2.16. The molecule has 0 aliphatic heterocycles. The fourth-order valence-electron chi connectivity index (χ4n) is 2.32. The first-order chi connectivity index (χ1) is 8.90. The first kappa shape index (κ1) is 14.4. The number of aryl methyl sites for hydroxylation is 2. The number of halogens is 2. The summed E-state index contributed by atoms with van der Waals surface area (Å²) in [5, 5.41) is 8.62. The predicted octanol–water partition coefficient (Wildman–Crippen LogP) is 4.63. The summed E-state index contributed by atoms with van der Waals surface area (Å²) in [5.41, 5.74) is 4.48. The van der Waals surface area contributed by atoms with E-state index in [9.17, 15) is 0 Å². The van der Waals surface area contributed by atoms with Gasteiger partial charge < -0.3 is 5.32 Å². The van der Waals surface area contributed by atoms with Gasteiger partial charge in [0.05, 0.1) is 16.8 Å². The quantitative estimate of drug-likeness (QED) is 0.881. The predicted molar refractivity (Wildman–Crippen MR) is 83.9 cm³/mol. The van der Waals surface area contributed by atoms with Crippen molar-refractivity contribution in [2.75, 3.05) is 5.32 Å². The van der Waals surface area contributed by atoms with Crippen molar-refractivity contribution >= 4 is 33.2 Å². The first-order valence-electron chi connectivity index (χ1n) is 6.12. The van der Waals surface area contributed by atoms with Crippen molar-refractivity contribution in [2.24, 2.45) is 7.05 Å². The van der Waals surface area contributed by atoms with E-state index in [1.165, 1.54) is 11.3 Å². The van der Waals surface area contributed by atoms with Crippen LogP contribution in [0.4, 0.5) is 5.69 Å². The minimum atomic E-state index is 0.186. The standard InChI is InChI=1S/C14H17BrClN3/c1-8(14-9(2)18-19(4)10(14)3)17-11-5-6-12(15)13(16)7-11/h5-8,17H,1-4H3. The summed E-state index contributed by atoms with van der Waals surface area (Å²) in [5.74, 6) is 0. The van der Waals surface area contributed by atoms with Crippen molar-refractivity contribution in [2.45, 2.75) is 26.8 Å². The maximum atomic E-state index is 6.11. The summed E-state index contributed by atoms with van der Waals surface area (Å²) >= 11 is 9.50. The molecule has 0 aliphatic carbocycles. The van der Waals surface area contributed by atoms with E-state index in [0.717, 1.165) is 15.9 Å². The minimum absolute atomic E-state index is 0.186. The molecule has 0 amide bonds. The summed E-state index contributed by atoms with van der Waals surface area (Å²) in [6, 6.07) is 6.06. The van der Waals surface area contributed by atoms with Crippen molar-refractivity contribution in [3.05, 3.63) is 44.6 Å². The van der Waals surface area contributed by atoms with Crippen LogP contribution in [0, 0.1) is 13.8 Å². The van der Waals surface area contributed by atoms with E-state index in [-0.39, 0.29) is 6.04 Å². The zero-order chi connectivity index (χ0) is 14.2. The Morgan fingerprint density at radius 1 is 1.37 bits per heavy atom. The number of nitrogens with zero attached hydrogens (tertiary/aromatic N) is 2. The molecular weight excluding hydrogens is 326 g/mol. The van der Waals surface area contributed by atoms with Crippen molar-refractivity contribution in [3.63, 3.8) is 0 Å². The molecule has 1 unspecified atom stereocenters. The van der Waals surface area contributed by atoms with E-state index in [2.05, 4.69) is 40.2 Å². The van der Waals surface area contributed by atoms with Gasteiger partial charge in [0.2, 0.25) is 0 Å². The summed E-state index contributed by atoms with van der Waals surface area (Å²) in [7, 11) is 1.97. The van der Waals surface area contributed by atoms with Crippen molar-refractivity contribution in [1.82, 2.24) is 9.78 Å². The summed E-state index contributed by atoms with van der Waals surface area (Å²) in [6.45, 7) is 6.25. The molecule has 0 saturated carbocycles. The van der Waals surface area contributed by atoms with E-state index in [0.29, 0.717) is 5.02 Å². The number of aromatic nitrogens is 2. The number of nitrogens with one attached hydrogen (secondary N) is 1. The molecule has 0 saturated heterocycles. The lowest BCUT2D eigenvalue weighted by molar-refractivity contribution is 0.728. The van der Waals surface area contributed by atoms with Crippen LogP contribution in [0.25, 0.3) is 0 Å². The van der Waals surface area contributed by atoms with E-state index in [1.807, 2.05) is 36.9 Å². The second-order valence-corrected chi connectivity index (χ2v) is 5.96. The second kappa shape index (κ2) is 5.55. The van der Waals surface area contributed by atoms with Gasteiger partial charge >= 0.3 is 0 Å². The van der Waals surface area contributed by atoms with Crippen LogP contribution in [-0.2, 0) is 7.05 Å². The Hall–Kier alpha value is -1.000. The van der Waals surface area contributed by atoms with Crippen LogP contribution in [-0.4, -0.2) is 9.78 Å². The first-order valence-corrected chi connectivity index (χ1v) is 7.29. The van der Waals surface area contributed by atoms with Crippen LogP contribution < -0.4 is 5.32 Å². The van der Waals surface area contributed by atoms with Crippen molar-refractivity contribution in [1.29, 1.82) is 0 Å². The van der Waals surface area contributed by atoms with Crippen LogP contribution in [0.3, 0.4) is 0 Å². The molecule has 0 spiro atoms. The van der Waals surface area contributed by atoms with Gasteiger partial charge in [0.15, 0.2) is 0 Å². The Labute approximate surface area is 127 Å². The highest BCUT2D eigenvalue weighted by Gasteiger charge is 2.16. The normalized spacial score (nSPS) is 12.5. The molecule has 1 aromatic heterocycles. The van der Waals surface area contributed by atoms with Gasteiger partial charge in [0.1, 0.15) is 0 Å². The largest absolute Gasteiger partial charge is 0.378 e. The van der Waals surface area contributed by atoms with Crippen LogP contribution in [0.5, 0.6) is 0 Å². The van der Waals surface area contributed by atoms with Gasteiger partial charge in [-0.2, -0.15) is 5.10 Å². The summed E-state index contributed by atoms with van der Waals surface area (Å²) in [6.07, 6.45) is 0. The molecule has 19 heavy (non-hydrogen) atoms. The number of benzene rings is 1. The van der Waals surface area contributed by atoms with E-state index in [1.54, 1.807) is 0 Å². The van der Waals surface area contributed by atoms with E-state index in [4.69, 9.17) is 11.6 Å². The molecule has 3 nitrogen and oxygen atoms in total. The molecule has 102 valence electrons. The maximum Gasteiger partial charge on any atom is 0.0649 e. The second-order valence-electron chi connectivity index (χ2n) is 4.70. The molecular formula is C14H17BrClN3. The molecule has 0 radical (unpaired) electrons. The van der Waals surface area contributed by atoms with Crippen LogP contribution in [0.1, 0.15) is 29.9 Å². The molecule has 2 aromatic rings. The fraction of sp³-hybridized carbons (Fsp3) is 0.357. The zero-order valence-electron chi connectivity index (χ0n) is 11.5. The Balaban J connectivity index is 2.25. The Kier molecular flexibility index (Phi) is 4.21. The summed E-state index contributed by atoms with van der Waals surface area (Å²) < 4.78 is 2.82. The molecule has 0 bridgehead atoms. The number of hydrogen-bond donors (Lipinski definition) is 1. The molecule has 1 atom stereocenters. The topological polar surface area (TPSA) is 29.9 Å². The average molecular weight is 343 g/mol. The van der Waals surface area contributed by atoms with Crippen molar-refractivity contribution in [3.8, 4) is 0 Å². The lowest BCUT2D eigenvalue weighted by atomic mass is 10.1. The van der Waals surface area contributed by atoms with Gasteiger partial charge in [-0.1, -0.05) is 11.6 Å². The highest BCUT2D eigenvalue weighted by molar-refractivity contribution is 9.10. The van der Waals surface area contributed by atoms with E-state index < -0.39 is 0 Å². The van der Waals surface area contributed by atoms with Gasteiger partial charge in [-0.25, -0.2) is 0 Å². The third kappa shape index (κ3) is 2.95. The molecule has 1 heterocycles. The fourth-order valence-corrected chi connectivity index (χ4v) is 2.75. The number of anilines is 1. The van der Waals surface area contributed by atoms with Gasteiger partial charge in [-0.15, -0.1) is 0 Å².